The van der Waals surface area contributed by atoms with E-state index in [0.29, 0.717) is 5.92 Å². The minimum absolute atomic E-state index is 0.160. The van der Waals surface area contributed by atoms with Crippen molar-refractivity contribution in [2.45, 2.75) is 12.6 Å². The lowest BCUT2D eigenvalue weighted by Crippen LogP contribution is -2.48. The molecule has 2 atom stereocenters. The second-order valence-corrected chi connectivity index (χ2v) is 7.76. The highest BCUT2D eigenvalue weighted by molar-refractivity contribution is 5.75. The quantitative estimate of drug-likeness (QED) is 0.840. The Morgan fingerprint density at radius 2 is 1.93 bits per heavy atom. The number of fused-ring (bicyclic) bond motifs is 4. The van der Waals surface area contributed by atoms with E-state index in [4.69, 9.17) is 4.98 Å². The van der Waals surface area contributed by atoms with Gasteiger partial charge in [-0.25, -0.2) is 4.98 Å². The highest BCUT2D eigenvalue weighted by Crippen LogP contribution is 2.24. The monoisotopic (exact) mass is 378 g/mol. The average molecular weight is 378 g/mol. The Bertz CT molecular complexity index is 1250. The fourth-order valence-electron chi connectivity index (χ4n) is 4.57. The minimum Gasteiger partial charge on any atom is -0.387 e. The van der Waals surface area contributed by atoms with Gasteiger partial charge in [0.25, 0.3) is 0 Å². The Balaban J connectivity index is 1.60. The lowest BCUT2D eigenvalue weighted by atomic mass is 9.95. The first-order valence-corrected chi connectivity index (χ1v) is 10.2. The largest absolute Gasteiger partial charge is 0.387 e. The molecule has 0 spiro atoms. The Kier molecular flexibility index (Phi) is 3.69. The summed E-state index contributed by atoms with van der Waals surface area (Å²) in [4.78, 5) is 5.07. The molecule has 1 aromatic heterocycles. The van der Waals surface area contributed by atoms with Crippen molar-refractivity contribution in [1.29, 1.82) is 0 Å². The van der Waals surface area contributed by atoms with Gasteiger partial charge in [-0.15, -0.1) is 0 Å². The molecule has 4 nitrogen and oxygen atoms in total. The molecule has 2 unspecified atom stereocenters. The first-order chi connectivity index (χ1) is 14.4. The van der Waals surface area contributed by atoms with Gasteiger partial charge >= 0.3 is 0 Å². The van der Waals surface area contributed by atoms with Crippen LogP contribution in [0.4, 0.5) is 0 Å². The lowest BCUT2D eigenvalue weighted by molar-refractivity contribution is 0.564. The smallest absolute Gasteiger partial charge is 0.133 e. The summed E-state index contributed by atoms with van der Waals surface area (Å²) in [5, 5.41) is 9.40. The van der Waals surface area contributed by atoms with Gasteiger partial charge < -0.3 is 15.2 Å². The van der Waals surface area contributed by atoms with Crippen molar-refractivity contribution in [1.82, 2.24) is 20.2 Å². The first-order valence-electron chi connectivity index (χ1n) is 10.2. The predicted molar refractivity (Wildman–Crippen MR) is 117 cm³/mol. The molecule has 6 rings (SSSR count). The summed E-state index contributed by atoms with van der Waals surface area (Å²) in [7, 11) is 0. The van der Waals surface area contributed by atoms with Crippen LogP contribution < -0.4 is 21.3 Å². The molecule has 4 heteroatoms. The fraction of sp³-hybridized carbons (Fsp3) is 0.160. The molecule has 0 saturated carbocycles. The number of allylic oxidation sites excluding steroid dienone is 5. The normalized spacial score (nSPS) is 23.7. The number of hydrogen-bond donors (Lipinski definition) is 2. The molecule has 0 bridgehead atoms. The Hall–Kier alpha value is -3.53. The van der Waals surface area contributed by atoms with E-state index in [0.717, 1.165) is 30.0 Å². The number of hydrogen-bond acceptors (Lipinski definition) is 3. The van der Waals surface area contributed by atoms with E-state index < -0.39 is 0 Å². The van der Waals surface area contributed by atoms with Crippen LogP contribution in [-0.2, 0) is 6.54 Å². The van der Waals surface area contributed by atoms with E-state index in [9.17, 15) is 0 Å². The molecule has 3 aliphatic heterocycles. The van der Waals surface area contributed by atoms with Gasteiger partial charge in [0.15, 0.2) is 0 Å². The molecule has 0 fully saturated rings. The molecular weight excluding hydrogens is 356 g/mol. The van der Waals surface area contributed by atoms with Crippen LogP contribution in [0.3, 0.4) is 0 Å². The third-order valence-corrected chi connectivity index (χ3v) is 5.99. The van der Waals surface area contributed by atoms with Crippen molar-refractivity contribution < 1.29 is 0 Å². The maximum Gasteiger partial charge on any atom is 0.133 e. The van der Waals surface area contributed by atoms with Crippen LogP contribution in [0.2, 0.25) is 0 Å². The standard InChI is InChI=1S/C25H22N4/c1-2-7-17(8-3-1)23-25-24(20-10-4-5-11-21(20)27-23)28-22-13-12-19(16-29(22)25)18-9-6-14-26-15-18/h1-13,15,19,21,26-27H,14,16H2. The van der Waals surface area contributed by atoms with E-state index in [-0.39, 0.29) is 6.04 Å². The topological polar surface area (TPSA) is 41.9 Å². The summed E-state index contributed by atoms with van der Waals surface area (Å²) >= 11 is 0. The van der Waals surface area contributed by atoms with Crippen molar-refractivity contribution in [3.05, 3.63) is 107 Å². The van der Waals surface area contributed by atoms with Gasteiger partial charge in [0.1, 0.15) is 5.82 Å². The number of nitrogens with zero attached hydrogens (tertiary/aromatic N) is 2. The van der Waals surface area contributed by atoms with Gasteiger partial charge in [-0.3, -0.25) is 0 Å². The number of dihydropyridines is 1. The molecule has 4 aliphatic rings. The number of nitrogens with one attached hydrogen (secondary N) is 2. The van der Waals surface area contributed by atoms with Gasteiger partial charge in [-0.2, -0.15) is 0 Å². The molecule has 2 N–H and O–H groups in total. The van der Waals surface area contributed by atoms with Crippen LogP contribution in [0.25, 0.3) is 17.3 Å². The van der Waals surface area contributed by atoms with Crippen LogP contribution >= 0.6 is 0 Å². The zero-order valence-corrected chi connectivity index (χ0v) is 16.0. The van der Waals surface area contributed by atoms with Gasteiger partial charge in [-0.05, 0) is 17.2 Å². The van der Waals surface area contributed by atoms with Crippen LogP contribution in [-0.4, -0.2) is 22.1 Å². The van der Waals surface area contributed by atoms with Crippen molar-refractivity contribution in [2.24, 2.45) is 5.92 Å². The first kappa shape index (κ1) is 16.4. The average Bonchev–Trinajstić information content (AvgIpc) is 3.19. The van der Waals surface area contributed by atoms with Crippen molar-refractivity contribution >= 4 is 17.3 Å². The molecule has 142 valence electrons. The highest BCUT2D eigenvalue weighted by atomic mass is 15.1. The summed E-state index contributed by atoms with van der Waals surface area (Å²) in [6.45, 7) is 1.79. The molecule has 4 heterocycles. The van der Waals surface area contributed by atoms with Crippen LogP contribution in [0.5, 0.6) is 0 Å². The summed E-state index contributed by atoms with van der Waals surface area (Å²) in [5.41, 5.74) is 4.92. The molecular formula is C25H22N4. The van der Waals surface area contributed by atoms with Crippen LogP contribution in [0, 0.1) is 5.92 Å². The zero-order valence-electron chi connectivity index (χ0n) is 16.0. The predicted octanol–water partition coefficient (Wildman–Crippen LogP) is 1.97. The molecule has 0 radical (unpaired) electrons. The molecule has 0 amide bonds. The molecule has 2 aromatic rings. The molecule has 1 aromatic carbocycles. The Morgan fingerprint density at radius 1 is 1.00 bits per heavy atom. The maximum atomic E-state index is 5.07. The van der Waals surface area contributed by atoms with Gasteiger partial charge in [0, 0.05) is 30.8 Å². The highest BCUT2D eigenvalue weighted by Gasteiger charge is 2.27. The van der Waals surface area contributed by atoms with E-state index in [1.807, 2.05) is 0 Å². The summed E-state index contributed by atoms with van der Waals surface area (Å²) in [6.07, 6.45) is 19.6. The second kappa shape index (κ2) is 6.52. The third kappa shape index (κ3) is 2.64. The van der Waals surface area contributed by atoms with E-state index >= 15 is 0 Å². The van der Waals surface area contributed by atoms with Crippen molar-refractivity contribution in [3.8, 4) is 0 Å². The number of rotatable bonds is 2. The van der Waals surface area contributed by atoms with Crippen LogP contribution in [0.1, 0.15) is 11.4 Å². The molecule has 29 heavy (non-hydrogen) atoms. The molecule has 1 aliphatic carbocycles. The van der Waals surface area contributed by atoms with Gasteiger partial charge in [-0.1, -0.05) is 72.9 Å². The Labute approximate surface area is 169 Å². The van der Waals surface area contributed by atoms with Crippen LogP contribution in [0.15, 0.2) is 84.6 Å². The molecule has 0 saturated heterocycles. The van der Waals surface area contributed by atoms with Crippen molar-refractivity contribution in [2.75, 3.05) is 6.54 Å². The van der Waals surface area contributed by atoms with Gasteiger partial charge in [0.2, 0.25) is 0 Å². The third-order valence-electron chi connectivity index (χ3n) is 5.99. The van der Waals surface area contributed by atoms with E-state index in [2.05, 4.69) is 100 Å². The maximum absolute atomic E-state index is 5.07. The van der Waals surface area contributed by atoms with E-state index in [1.165, 1.54) is 22.1 Å². The summed E-state index contributed by atoms with van der Waals surface area (Å²) in [6, 6.07) is 10.8. The van der Waals surface area contributed by atoms with Gasteiger partial charge in [0.05, 0.1) is 22.4 Å². The summed E-state index contributed by atoms with van der Waals surface area (Å²) in [5.74, 6) is 1.37. The minimum atomic E-state index is 0.160. The number of aromatic nitrogens is 2. The summed E-state index contributed by atoms with van der Waals surface area (Å²) < 4.78 is 2.38. The fourth-order valence-corrected chi connectivity index (χ4v) is 4.57. The number of benzene rings is 1. The number of imidazole rings is 1. The Morgan fingerprint density at radius 3 is 2.79 bits per heavy atom. The SMILES string of the molecule is C1=CC2=c3nc4n(c3=C(c3ccccc3)NC2C=C1)CC(C1=CNCC=C1)C=C4. The lowest BCUT2D eigenvalue weighted by Gasteiger charge is -2.27. The zero-order chi connectivity index (χ0) is 19.2. The second-order valence-electron chi connectivity index (χ2n) is 7.76. The van der Waals surface area contributed by atoms with E-state index in [1.54, 1.807) is 0 Å². The van der Waals surface area contributed by atoms with Crippen molar-refractivity contribution in [3.63, 3.8) is 0 Å².